The van der Waals surface area contributed by atoms with Gasteiger partial charge in [-0.15, -0.1) is 0 Å². The summed E-state index contributed by atoms with van der Waals surface area (Å²) in [5.41, 5.74) is 2.81. The van der Waals surface area contributed by atoms with Crippen LogP contribution in [0.3, 0.4) is 0 Å². The summed E-state index contributed by atoms with van der Waals surface area (Å²) in [5.74, 6) is 1.05. The van der Waals surface area contributed by atoms with E-state index in [2.05, 4.69) is 10.6 Å². The van der Waals surface area contributed by atoms with Gasteiger partial charge in [-0.1, -0.05) is 24.3 Å². The number of hydrogen-bond acceptors (Lipinski definition) is 4. The number of amidine groups is 1. The maximum absolute atomic E-state index is 7.76. The van der Waals surface area contributed by atoms with Gasteiger partial charge in [0.05, 0.1) is 13.4 Å². The number of nitrogens with one attached hydrogen (secondary N) is 4. The molecule has 0 aliphatic heterocycles. The van der Waals surface area contributed by atoms with E-state index in [0.29, 0.717) is 6.54 Å². The van der Waals surface area contributed by atoms with Crippen molar-refractivity contribution < 1.29 is 4.74 Å². The summed E-state index contributed by atoms with van der Waals surface area (Å²) < 4.78 is 5.13. The normalized spacial score (nSPS) is 9.76. The van der Waals surface area contributed by atoms with E-state index in [1.807, 2.05) is 48.5 Å². The van der Waals surface area contributed by atoms with Crippen molar-refractivity contribution in [1.82, 2.24) is 5.32 Å². The first-order valence-corrected chi connectivity index (χ1v) is 6.54. The number of anilines is 1. The highest BCUT2D eigenvalue weighted by molar-refractivity contribution is 6.02. The number of benzene rings is 2. The number of methoxy groups -OCH3 is 1. The fraction of sp³-hybridized carbons (Fsp3) is 0.125. The standard InChI is InChI=1S/C16H18N4O/c1-21-15-7-5-12(6-8-15)10-19-14-4-2-3-13(9-14)16(18)20-11-17/h2-9,11,19H,10H2,1H3,(H3,17,18,20). The molecule has 0 heterocycles. The van der Waals surface area contributed by atoms with Crippen LogP contribution in [-0.4, -0.2) is 19.3 Å². The highest BCUT2D eigenvalue weighted by Crippen LogP contribution is 2.14. The Morgan fingerprint density at radius 1 is 1.19 bits per heavy atom. The summed E-state index contributed by atoms with van der Waals surface area (Å²) in [6, 6.07) is 15.4. The summed E-state index contributed by atoms with van der Waals surface area (Å²) in [5, 5.41) is 20.6. The monoisotopic (exact) mass is 282 g/mol. The SMILES string of the molecule is COc1ccc(CNc2cccc(C(=N)NC=N)c2)cc1. The lowest BCUT2D eigenvalue weighted by molar-refractivity contribution is 0.414. The molecule has 0 radical (unpaired) electrons. The summed E-state index contributed by atoms with van der Waals surface area (Å²) in [6.07, 6.45) is 1.000. The first kappa shape index (κ1) is 14.6. The minimum Gasteiger partial charge on any atom is -0.497 e. The third-order valence-electron chi connectivity index (χ3n) is 3.02. The molecule has 0 aliphatic carbocycles. The molecule has 0 atom stereocenters. The summed E-state index contributed by atoms with van der Waals surface area (Å²) in [7, 11) is 1.65. The van der Waals surface area contributed by atoms with Crippen molar-refractivity contribution in [2.75, 3.05) is 12.4 Å². The van der Waals surface area contributed by atoms with E-state index in [1.165, 1.54) is 0 Å². The fourth-order valence-electron chi connectivity index (χ4n) is 1.89. The van der Waals surface area contributed by atoms with Crippen LogP contribution < -0.4 is 15.4 Å². The first-order valence-electron chi connectivity index (χ1n) is 6.54. The van der Waals surface area contributed by atoms with E-state index < -0.39 is 0 Å². The predicted molar refractivity (Wildman–Crippen MR) is 85.5 cm³/mol. The van der Waals surface area contributed by atoms with Gasteiger partial charge in [0, 0.05) is 17.8 Å². The fourth-order valence-corrected chi connectivity index (χ4v) is 1.89. The minimum atomic E-state index is 0.207. The lowest BCUT2D eigenvalue weighted by Crippen LogP contribution is -2.20. The Morgan fingerprint density at radius 2 is 1.95 bits per heavy atom. The largest absolute Gasteiger partial charge is 0.497 e. The van der Waals surface area contributed by atoms with Crippen molar-refractivity contribution >= 4 is 17.9 Å². The molecule has 0 aliphatic rings. The minimum absolute atomic E-state index is 0.207. The van der Waals surface area contributed by atoms with E-state index in [1.54, 1.807) is 7.11 Å². The van der Waals surface area contributed by atoms with Gasteiger partial charge in [-0.2, -0.15) is 0 Å². The molecule has 21 heavy (non-hydrogen) atoms. The average Bonchev–Trinajstić information content (AvgIpc) is 2.54. The molecule has 4 N–H and O–H groups in total. The molecule has 2 aromatic carbocycles. The van der Waals surface area contributed by atoms with Crippen LogP contribution in [0, 0.1) is 10.8 Å². The summed E-state index contributed by atoms with van der Waals surface area (Å²) in [4.78, 5) is 0. The molecule has 0 amide bonds. The van der Waals surface area contributed by atoms with Crippen molar-refractivity contribution in [3.05, 3.63) is 59.7 Å². The molecular formula is C16H18N4O. The van der Waals surface area contributed by atoms with Crippen molar-refractivity contribution in [2.24, 2.45) is 0 Å². The lowest BCUT2D eigenvalue weighted by Gasteiger charge is -2.09. The highest BCUT2D eigenvalue weighted by atomic mass is 16.5. The molecule has 2 rings (SSSR count). The summed E-state index contributed by atoms with van der Waals surface area (Å²) >= 11 is 0. The van der Waals surface area contributed by atoms with Gasteiger partial charge in [0.25, 0.3) is 0 Å². The quantitative estimate of drug-likeness (QED) is 0.486. The van der Waals surface area contributed by atoms with Gasteiger partial charge in [-0.05, 0) is 29.8 Å². The van der Waals surface area contributed by atoms with Gasteiger partial charge in [0.1, 0.15) is 11.6 Å². The molecule has 0 unspecified atom stereocenters. The maximum atomic E-state index is 7.76. The molecular weight excluding hydrogens is 264 g/mol. The second-order valence-electron chi connectivity index (χ2n) is 4.45. The molecule has 0 saturated heterocycles. The Hall–Kier alpha value is -2.82. The molecule has 0 bridgehead atoms. The van der Waals surface area contributed by atoms with Crippen molar-refractivity contribution in [1.29, 1.82) is 10.8 Å². The molecule has 0 saturated carbocycles. The van der Waals surface area contributed by atoms with Gasteiger partial charge in [-0.25, -0.2) is 0 Å². The highest BCUT2D eigenvalue weighted by Gasteiger charge is 2.01. The third-order valence-corrected chi connectivity index (χ3v) is 3.02. The Bertz CT molecular complexity index is 622. The van der Waals surface area contributed by atoms with Gasteiger partial charge < -0.3 is 15.4 Å². The van der Waals surface area contributed by atoms with Crippen LogP contribution in [0.4, 0.5) is 5.69 Å². The van der Waals surface area contributed by atoms with E-state index in [4.69, 9.17) is 15.6 Å². The predicted octanol–water partition coefficient (Wildman–Crippen LogP) is 2.83. The third kappa shape index (κ3) is 4.07. The molecule has 108 valence electrons. The number of ether oxygens (including phenoxy) is 1. The van der Waals surface area contributed by atoms with Crippen LogP contribution >= 0.6 is 0 Å². The Kier molecular flexibility index (Phi) is 4.93. The van der Waals surface area contributed by atoms with E-state index in [0.717, 1.165) is 28.9 Å². The van der Waals surface area contributed by atoms with E-state index in [-0.39, 0.29) is 5.84 Å². The zero-order valence-electron chi connectivity index (χ0n) is 11.8. The van der Waals surface area contributed by atoms with Crippen LogP contribution in [0.2, 0.25) is 0 Å². The van der Waals surface area contributed by atoms with Crippen molar-refractivity contribution in [2.45, 2.75) is 6.54 Å². The summed E-state index contributed by atoms with van der Waals surface area (Å²) in [6.45, 7) is 0.693. The average molecular weight is 282 g/mol. The second-order valence-corrected chi connectivity index (χ2v) is 4.45. The number of rotatable bonds is 6. The second kappa shape index (κ2) is 7.09. The zero-order valence-corrected chi connectivity index (χ0v) is 11.8. The number of hydrogen-bond donors (Lipinski definition) is 4. The molecule has 5 nitrogen and oxygen atoms in total. The van der Waals surface area contributed by atoms with Crippen LogP contribution in [0.1, 0.15) is 11.1 Å². The Balaban J connectivity index is 2.00. The first-order chi connectivity index (χ1) is 10.2. The molecule has 0 aromatic heterocycles. The smallest absolute Gasteiger partial charge is 0.130 e. The Labute approximate surface area is 124 Å². The molecule has 2 aromatic rings. The topological polar surface area (TPSA) is 81.0 Å². The van der Waals surface area contributed by atoms with Gasteiger partial charge >= 0.3 is 0 Å². The van der Waals surface area contributed by atoms with E-state index in [9.17, 15) is 0 Å². The van der Waals surface area contributed by atoms with Gasteiger partial charge in [-0.3, -0.25) is 10.8 Å². The van der Waals surface area contributed by atoms with Crippen LogP contribution in [0.25, 0.3) is 0 Å². The van der Waals surface area contributed by atoms with Gasteiger partial charge in [0.2, 0.25) is 0 Å². The zero-order chi connectivity index (χ0) is 15.1. The molecule has 0 spiro atoms. The van der Waals surface area contributed by atoms with Gasteiger partial charge in [0.15, 0.2) is 0 Å². The van der Waals surface area contributed by atoms with Crippen LogP contribution in [0.15, 0.2) is 48.5 Å². The lowest BCUT2D eigenvalue weighted by atomic mass is 10.1. The maximum Gasteiger partial charge on any atom is 0.130 e. The Morgan fingerprint density at radius 3 is 2.62 bits per heavy atom. The molecule has 5 heteroatoms. The van der Waals surface area contributed by atoms with Crippen LogP contribution in [0.5, 0.6) is 5.75 Å². The van der Waals surface area contributed by atoms with E-state index >= 15 is 0 Å². The van der Waals surface area contributed by atoms with Crippen LogP contribution in [-0.2, 0) is 6.54 Å². The molecule has 0 fully saturated rings. The van der Waals surface area contributed by atoms with Crippen molar-refractivity contribution in [3.63, 3.8) is 0 Å². The van der Waals surface area contributed by atoms with Crippen molar-refractivity contribution in [3.8, 4) is 5.75 Å².